The van der Waals surface area contributed by atoms with Crippen molar-refractivity contribution in [1.29, 1.82) is 0 Å². The number of pyridine rings is 2. The second kappa shape index (κ2) is 11.0. The predicted octanol–water partition coefficient (Wildman–Crippen LogP) is 4.75. The van der Waals surface area contributed by atoms with E-state index in [4.69, 9.17) is 7.84 Å². The summed E-state index contributed by atoms with van der Waals surface area (Å²) in [4.78, 5) is 7.92. The van der Waals surface area contributed by atoms with Crippen LogP contribution < -0.4 is 5.32 Å². The number of aromatic nitrogens is 6. The molecule has 0 radical (unpaired) electrons. The normalized spacial score (nSPS) is 14.0. The molecule has 0 saturated heterocycles. The number of halogens is 3. The quantitative estimate of drug-likeness (QED) is 0.267. The molecule has 0 aliphatic heterocycles. The van der Waals surface area contributed by atoms with Crippen molar-refractivity contribution in [1.82, 2.24) is 34.7 Å². The first-order valence-electron chi connectivity index (χ1n) is 13.6. The van der Waals surface area contributed by atoms with E-state index in [0.717, 1.165) is 23.3 Å². The van der Waals surface area contributed by atoms with Gasteiger partial charge in [-0.05, 0) is 59.7 Å². The van der Waals surface area contributed by atoms with Crippen molar-refractivity contribution in [2.75, 3.05) is 6.54 Å². The van der Waals surface area contributed by atoms with Crippen LogP contribution in [0.4, 0.5) is 13.2 Å². The molecule has 2 N–H and O–H groups in total. The van der Waals surface area contributed by atoms with Gasteiger partial charge in [-0.1, -0.05) is 12.1 Å². The second-order valence-corrected chi connectivity index (χ2v) is 9.44. The van der Waals surface area contributed by atoms with Crippen LogP contribution in [-0.4, -0.2) is 41.0 Å². The highest BCUT2D eigenvalue weighted by molar-refractivity contribution is 5.92. The molecular formula is C30H24F3N7O. The van der Waals surface area contributed by atoms with Crippen LogP contribution in [0.1, 0.15) is 13.9 Å². The van der Waals surface area contributed by atoms with E-state index in [1.54, 1.807) is 36.7 Å². The summed E-state index contributed by atoms with van der Waals surface area (Å²) in [6.07, 6.45) is 7.37. The van der Waals surface area contributed by atoms with Crippen molar-refractivity contribution >= 4 is 5.52 Å². The van der Waals surface area contributed by atoms with Gasteiger partial charge in [-0.25, -0.2) is 27.4 Å². The molecular weight excluding hydrogens is 531 g/mol. The molecule has 6 rings (SSSR count). The number of aliphatic hydroxyl groups is 1. The molecule has 0 spiro atoms. The molecule has 0 aliphatic rings. The number of rotatable bonds is 9. The number of fused-ring (bicyclic) bond motifs is 1. The van der Waals surface area contributed by atoms with Gasteiger partial charge in [0.05, 0.1) is 12.1 Å². The number of hydrogen-bond acceptors (Lipinski definition) is 6. The first kappa shape index (κ1) is 24.0. The highest BCUT2D eigenvalue weighted by atomic mass is 19.1. The maximum absolute atomic E-state index is 14.8. The molecule has 206 valence electrons. The Morgan fingerprint density at radius 1 is 0.902 bits per heavy atom. The Labute approximate surface area is 235 Å². The van der Waals surface area contributed by atoms with Gasteiger partial charge in [0.2, 0.25) is 0 Å². The fourth-order valence-electron chi connectivity index (χ4n) is 4.71. The second-order valence-electron chi connectivity index (χ2n) is 9.44. The molecule has 11 heteroatoms. The fraction of sp³-hybridized carbons (Fsp3) is 0.133. The van der Waals surface area contributed by atoms with E-state index >= 15 is 0 Å². The van der Waals surface area contributed by atoms with E-state index in [-0.39, 0.29) is 23.5 Å². The van der Waals surface area contributed by atoms with E-state index < -0.39 is 30.3 Å². The third kappa shape index (κ3) is 5.45. The van der Waals surface area contributed by atoms with Crippen LogP contribution >= 0.6 is 0 Å². The molecule has 4 aromatic heterocycles. The molecule has 41 heavy (non-hydrogen) atoms. The first-order chi connectivity index (χ1) is 20.6. The molecule has 1 atom stereocenters. The maximum atomic E-state index is 14.8. The third-order valence-corrected chi connectivity index (χ3v) is 6.65. The van der Waals surface area contributed by atoms with Crippen molar-refractivity contribution in [3.05, 3.63) is 127 Å². The molecule has 4 heterocycles. The third-order valence-electron chi connectivity index (χ3n) is 6.65. The summed E-state index contributed by atoms with van der Waals surface area (Å²) in [6, 6.07) is 15.7. The van der Waals surface area contributed by atoms with Crippen LogP contribution in [0.25, 0.3) is 27.9 Å². The summed E-state index contributed by atoms with van der Waals surface area (Å²) < 4.78 is 62.6. The zero-order valence-electron chi connectivity index (χ0n) is 23.4. The highest BCUT2D eigenvalue weighted by Crippen LogP contribution is 2.35. The lowest BCUT2D eigenvalue weighted by molar-refractivity contribution is 0.0117. The van der Waals surface area contributed by atoms with Crippen molar-refractivity contribution in [2.45, 2.75) is 18.6 Å². The van der Waals surface area contributed by atoms with Gasteiger partial charge >= 0.3 is 0 Å². The SMILES string of the molecule is [2H]C([2H])(NCC(O)(Cn1cncn1)c1ccc(F)cc1F)c1ccc2c(-c3ccncc3)c(-c3ccc(F)cc3)nn2c1. The van der Waals surface area contributed by atoms with Crippen molar-refractivity contribution in [3.8, 4) is 22.4 Å². The molecule has 0 fully saturated rings. The minimum absolute atomic E-state index is 0.164. The summed E-state index contributed by atoms with van der Waals surface area (Å²) in [5.41, 5.74) is 1.36. The van der Waals surface area contributed by atoms with Gasteiger partial charge in [0.25, 0.3) is 0 Å². The van der Waals surface area contributed by atoms with Crippen molar-refractivity contribution in [3.63, 3.8) is 0 Å². The summed E-state index contributed by atoms with van der Waals surface area (Å²) in [6.45, 7) is -2.99. The van der Waals surface area contributed by atoms with E-state index in [1.165, 1.54) is 40.2 Å². The lowest BCUT2D eigenvalue weighted by Gasteiger charge is -2.29. The minimum atomic E-state index is -2.24. The zero-order chi connectivity index (χ0) is 30.2. The lowest BCUT2D eigenvalue weighted by atomic mass is 9.92. The van der Waals surface area contributed by atoms with Gasteiger partial charge in [-0.3, -0.25) is 4.98 Å². The van der Waals surface area contributed by atoms with Gasteiger partial charge in [-0.15, -0.1) is 0 Å². The Kier molecular flexibility index (Phi) is 6.40. The summed E-state index contributed by atoms with van der Waals surface area (Å²) in [7, 11) is 0. The van der Waals surface area contributed by atoms with Gasteiger partial charge in [0.15, 0.2) is 0 Å². The Morgan fingerprint density at radius 3 is 2.41 bits per heavy atom. The number of hydrogen-bond donors (Lipinski definition) is 2. The van der Waals surface area contributed by atoms with Crippen molar-refractivity contribution < 1.29 is 21.0 Å². The Bertz CT molecular complexity index is 1880. The van der Waals surface area contributed by atoms with E-state index in [0.29, 0.717) is 22.8 Å². The molecule has 0 amide bonds. The standard InChI is InChI=1S/C30H24F3N7O/c31-23-4-2-22(3-5-23)29-28(21-9-11-34-12-10-21)27-8-1-20(15-40(27)38-29)14-35-16-30(41,17-39-19-36-18-37-39)25-7-6-24(32)13-26(25)33/h1-13,15,18-19,35,41H,14,16-17H2/i14D2. The van der Waals surface area contributed by atoms with Crippen molar-refractivity contribution in [2.24, 2.45) is 0 Å². The van der Waals surface area contributed by atoms with E-state index in [2.05, 4.69) is 20.4 Å². The monoisotopic (exact) mass is 557 g/mol. The molecule has 2 aromatic carbocycles. The molecule has 0 bridgehead atoms. The number of benzene rings is 2. The van der Waals surface area contributed by atoms with Crippen LogP contribution in [0.3, 0.4) is 0 Å². The van der Waals surface area contributed by atoms with Crippen LogP contribution in [0, 0.1) is 17.5 Å². The fourth-order valence-corrected chi connectivity index (χ4v) is 4.71. The number of nitrogens with zero attached hydrogens (tertiary/aromatic N) is 6. The van der Waals surface area contributed by atoms with Gasteiger partial charge in [0, 0.05) is 57.1 Å². The van der Waals surface area contributed by atoms with E-state index in [1.807, 2.05) is 12.1 Å². The minimum Gasteiger partial charge on any atom is -0.382 e. The molecule has 0 aliphatic carbocycles. The molecule has 6 aromatic rings. The average Bonchev–Trinajstić information content (AvgIpc) is 3.64. The Hall–Kier alpha value is -4.87. The smallest absolute Gasteiger partial charge is 0.137 e. The first-order valence-corrected chi connectivity index (χ1v) is 12.6. The molecule has 0 saturated carbocycles. The lowest BCUT2D eigenvalue weighted by Crippen LogP contribution is -2.42. The predicted molar refractivity (Wildman–Crippen MR) is 146 cm³/mol. The Morgan fingerprint density at radius 2 is 1.68 bits per heavy atom. The number of nitrogens with one attached hydrogen (secondary N) is 1. The largest absolute Gasteiger partial charge is 0.382 e. The van der Waals surface area contributed by atoms with Gasteiger partial charge in [0.1, 0.15) is 41.4 Å². The summed E-state index contributed by atoms with van der Waals surface area (Å²) >= 11 is 0. The summed E-state index contributed by atoms with van der Waals surface area (Å²) in [5.74, 6) is -2.19. The van der Waals surface area contributed by atoms with Gasteiger partial charge in [-0.2, -0.15) is 10.2 Å². The molecule has 1 unspecified atom stereocenters. The van der Waals surface area contributed by atoms with Crippen LogP contribution in [-0.2, 0) is 18.6 Å². The van der Waals surface area contributed by atoms with E-state index in [9.17, 15) is 18.3 Å². The van der Waals surface area contributed by atoms with Crippen LogP contribution in [0.5, 0.6) is 0 Å². The highest BCUT2D eigenvalue weighted by Gasteiger charge is 2.33. The summed E-state index contributed by atoms with van der Waals surface area (Å²) in [5, 5.41) is 23.0. The topological polar surface area (TPSA) is 93.2 Å². The Balaban J connectivity index is 1.36. The average molecular weight is 558 g/mol. The molecule has 8 nitrogen and oxygen atoms in total. The van der Waals surface area contributed by atoms with Crippen LogP contribution in [0.15, 0.2) is 98.0 Å². The zero-order valence-corrected chi connectivity index (χ0v) is 21.4. The van der Waals surface area contributed by atoms with Gasteiger partial charge < -0.3 is 10.4 Å². The maximum Gasteiger partial charge on any atom is 0.137 e. The van der Waals surface area contributed by atoms with Crippen LogP contribution in [0.2, 0.25) is 0 Å².